The first-order chi connectivity index (χ1) is 6.77. The van der Waals surface area contributed by atoms with Crippen molar-refractivity contribution in [3.63, 3.8) is 0 Å². The third-order valence-corrected chi connectivity index (χ3v) is 2.15. The molecule has 0 amide bonds. The number of hydrogen-bond acceptors (Lipinski definition) is 2. The van der Waals surface area contributed by atoms with Crippen LogP contribution in [-0.2, 0) is 0 Å². The molecule has 1 aromatic carbocycles. The number of nitrogens with zero attached hydrogens (tertiary/aromatic N) is 2. The fraction of sp³-hybridized carbons (Fsp3) is 0.111. The van der Waals surface area contributed by atoms with Gasteiger partial charge in [-0.3, -0.25) is 5.10 Å². The molecule has 1 N–H and O–H groups in total. The molecule has 3 nitrogen and oxygen atoms in total. The van der Waals surface area contributed by atoms with Gasteiger partial charge in [0.2, 0.25) is 0 Å². The van der Waals surface area contributed by atoms with E-state index in [0.29, 0.717) is 11.6 Å². The fourth-order valence-corrected chi connectivity index (χ4v) is 1.28. The van der Waals surface area contributed by atoms with Crippen molar-refractivity contribution in [3.05, 3.63) is 36.2 Å². The zero-order valence-electron chi connectivity index (χ0n) is 7.11. The van der Waals surface area contributed by atoms with Gasteiger partial charge in [-0.25, -0.2) is 4.98 Å². The van der Waals surface area contributed by atoms with Gasteiger partial charge < -0.3 is 0 Å². The number of alkyl halides is 2. The van der Waals surface area contributed by atoms with Crippen LogP contribution in [0.2, 0.25) is 0 Å². The molecular formula is C9H7Cl2N3. The van der Waals surface area contributed by atoms with E-state index in [-0.39, 0.29) is 0 Å². The molecule has 2 rings (SSSR count). The number of aromatic amines is 1. The summed E-state index contributed by atoms with van der Waals surface area (Å²) < 4.78 is 0. The van der Waals surface area contributed by atoms with Gasteiger partial charge in [-0.15, -0.1) is 0 Å². The molecule has 0 unspecified atom stereocenters. The number of hydrogen-bond donors (Lipinski definition) is 1. The van der Waals surface area contributed by atoms with E-state index < -0.39 is 4.84 Å². The predicted molar refractivity (Wildman–Crippen MR) is 56.3 cm³/mol. The zero-order valence-corrected chi connectivity index (χ0v) is 8.63. The molecule has 14 heavy (non-hydrogen) atoms. The normalized spacial score (nSPS) is 10.8. The zero-order chi connectivity index (χ0) is 9.97. The quantitative estimate of drug-likeness (QED) is 0.802. The van der Waals surface area contributed by atoms with E-state index in [1.165, 1.54) is 0 Å². The smallest absolute Gasteiger partial charge is 0.181 e. The molecule has 0 bridgehead atoms. The molecule has 0 fully saturated rings. The van der Waals surface area contributed by atoms with Crippen LogP contribution in [0.5, 0.6) is 0 Å². The van der Waals surface area contributed by atoms with E-state index in [9.17, 15) is 0 Å². The van der Waals surface area contributed by atoms with Crippen LogP contribution in [0.25, 0.3) is 11.4 Å². The Bertz CT molecular complexity index is 411. The van der Waals surface area contributed by atoms with Crippen LogP contribution in [0.15, 0.2) is 30.3 Å². The highest BCUT2D eigenvalue weighted by Gasteiger charge is 2.10. The monoisotopic (exact) mass is 227 g/mol. The first-order valence-corrected chi connectivity index (χ1v) is 4.90. The van der Waals surface area contributed by atoms with E-state index in [0.717, 1.165) is 5.56 Å². The van der Waals surface area contributed by atoms with Crippen molar-refractivity contribution >= 4 is 23.2 Å². The SMILES string of the molecule is ClC(Cl)c1nc(-c2ccccc2)n[nH]1. The Morgan fingerprint density at radius 2 is 1.86 bits per heavy atom. The maximum atomic E-state index is 5.64. The molecule has 1 heterocycles. The molecule has 72 valence electrons. The summed E-state index contributed by atoms with van der Waals surface area (Å²) in [6, 6.07) is 9.62. The number of halogens is 2. The number of benzene rings is 1. The molecule has 0 atom stereocenters. The van der Waals surface area contributed by atoms with Crippen LogP contribution in [0, 0.1) is 0 Å². The Morgan fingerprint density at radius 3 is 2.43 bits per heavy atom. The Hall–Kier alpha value is -1.06. The number of nitrogens with one attached hydrogen (secondary N) is 1. The van der Waals surface area contributed by atoms with Crippen molar-refractivity contribution < 1.29 is 0 Å². The van der Waals surface area contributed by atoms with Crippen molar-refractivity contribution in [1.29, 1.82) is 0 Å². The lowest BCUT2D eigenvalue weighted by atomic mass is 10.2. The van der Waals surface area contributed by atoms with Gasteiger partial charge in [0.15, 0.2) is 16.5 Å². The van der Waals surface area contributed by atoms with E-state index in [1.807, 2.05) is 30.3 Å². The van der Waals surface area contributed by atoms with Gasteiger partial charge in [0.25, 0.3) is 0 Å². The van der Waals surface area contributed by atoms with Crippen LogP contribution in [0.3, 0.4) is 0 Å². The van der Waals surface area contributed by atoms with Gasteiger partial charge in [0, 0.05) is 5.56 Å². The summed E-state index contributed by atoms with van der Waals surface area (Å²) in [6.45, 7) is 0. The number of H-pyrrole nitrogens is 1. The van der Waals surface area contributed by atoms with E-state index in [4.69, 9.17) is 23.2 Å². The molecule has 0 saturated heterocycles. The average Bonchev–Trinajstić information content (AvgIpc) is 2.68. The third kappa shape index (κ3) is 1.89. The van der Waals surface area contributed by atoms with Crippen LogP contribution < -0.4 is 0 Å². The molecule has 0 aliphatic heterocycles. The number of rotatable bonds is 2. The Morgan fingerprint density at radius 1 is 1.14 bits per heavy atom. The molecule has 0 aliphatic rings. The Kier molecular flexibility index (Phi) is 2.70. The van der Waals surface area contributed by atoms with Gasteiger partial charge in [0.1, 0.15) is 0 Å². The van der Waals surface area contributed by atoms with Crippen molar-refractivity contribution in [2.75, 3.05) is 0 Å². The fourth-order valence-electron chi connectivity index (χ4n) is 1.09. The Labute approximate surface area is 91.1 Å². The summed E-state index contributed by atoms with van der Waals surface area (Å²) in [6.07, 6.45) is 0. The van der Waals surface area contributed by atoms with Gasteiger partial charge in [-0.2, -0.15) is 5.10 Å². The van der Waals surface area contributed by atoms with Crippen LogP contribution >= 0.6 is 23.2 Å². The highest BCUT2D eigenvalue weighted by Crippen LogP contribution is 2.23. The van der Waals surface area contributed by atoms with Crippen molar-refractivity contribution in [2.24, 2.45) is 0 Å². The van der Waals surface area contributed by atoms with E-state index in [1.54, 1.807) is 0 Å². The van der Waals surface area contributed by atoms with Crippen molar-refractivity contribution in [3.8, 4) is 11.4 Å². The highest BCUT2D eigenvalue weighted by molar-refractivity contribution is 6.43. The molecule has 5 heteroatoms. The van der Waals surface area contributed by atoms with Crippen LogP contribution in [0.1, 0.15) is 10.7 Å². The molecule has 0 radical (unpaired) electrons. The molecule has 0 aliphatic carbocycles. The van der Waals surface area contributed by atoms with Crippen LogP contribution in [0.4, 0.5) is 0 Å². The Balaban J connectivity index is 2.34. The molecule has 2 aromatic rings. The third-order valence-electron chi connectivity index (χ3n) is 1.74. The van der Waals surface area contributed by atoms with E-state index in [2.05, 4.69) is 15.2 Å². The summed E-state index contributed by atoms with van der Waals surface area (Å²) >= 11 is 11.3. The second kappa shape index (κ2) is 3.98. The first-order valence-electron chi connectivity index (χ1n) is 4.03. The minimum atomic E-state index is -0.667. The second-order valence-corrected chi connectivity index (χ2v) is 3.81. The largest absolute Gasteiger partial charge is 0.260 e. The van der Waals surface area contributed by atoms with Crippen molar-refractivity contribution in [1.82, 2.24) is 15.2 Å². The van der Waals surface area contributed by atoms with E-state index >= 15 is 0 Å². The molecular weight excluding hydrogens is 221 g/mol. The highest BCUT2D eigenvalue weighted by atomic mass is 35.5. The predicted octanol–water partition coefficient (Wildman–Crippen LogP) is 2.95. The molecule has 0 saturated carbocycles. The van der Waals surface area contributed by atoms with Gasteiger partial charge in [-0.05, 0) is 0 Å². The second-order valence-electron chi connectivity index (χ2n) is 2.71. The molecule has 0 spiro atoms. The maximum Gasteiger partial charge on any atom is 0.181 e. The lowest BCUT2D eigenvalue weighted by molar-refractivity contribution is 1.01. The average molecular weight is 228 g/mol. The first kappa shape index (κ1) is 9.49. The lowest BCUT2D eigenvalue weighted by Gasteiger charge is -1.92. The summed E-state index contributed by atoms with van der Waals surface area (Å²) in [5.74, 6) is 1.07. The summed E-state index contributed by atoms with van der Waals surface area (Å²) in [5.41, 5.74) is 0.934. The minimum absolute atomic E-state index is 0.465. The van der Waals surface area contributed by atoms with Gasteiger partial charge in [-0.1, -0.05) is 53.5 Å². The van der Waals surface area contributed by atoms with Crippen molar-refractivity contribution in [2.45, 2.75) is 4.84 Å². The molecule has 1 aromatic heterocycles. The summed E-state index contributed by atoms with van der Waals surface area (Å²) in [7, 11) is 0. The van der Waals surface area contributed by atoms with Crippen LogP contribution in [-0.4, -0.2) is 15.2 Å². The number of aromatic nitrogens is 3. The minimum Gasteiger partial charge on any atom is -0.260 e. The summed E-state index contributed by atoms with van der Waals surface area (Å²) in [5, 5.41) is 6.68. The topological polar surface area (TPSA) is 41.6 Å². The lowest BCUT2D eigenvalue weighted by Crippen LogP contribution is -1.84. The van der Waals surface area contributed by atoms with Gasteiger partial charge in [0.05, 0.1) is 0 Å². The summed E-state index contributed by atoms with van der Waals surface area (Å²) in [4.78, 5) is 3.48. The standard InChI is InChI=1S/C9H7Cl2N3/c10-7(11)9-12-8(13-14-9)6-4-2-1-3-5-6/h1-5,7H,(H,12,13,14). The maximum absolute atomic E-state index is 5.64. The van der Waals surface area contributed by atoms with Gasteiger partial charge >= 0.3 is 0 Å².